The summed E-state index contributed by atoms with van der Waals surface area (Å²) in [5.41, 5.74) is 6.90. The van der Waals surface area contributed by atoms with Gasteiger partial charge in [0.1, 0.15) is 5.70 Å². The van der Waals surface area contributed by atoms with Gasteiger partial charge < -0.3 is 20.5 Å². The van der Waals surface area contributed by atoms with Crippen LogP contribution in [0.3, 0.4) is 0 Å². The number of nitrogens with one attached hydrogen (secondary N) is 1. The van der Waals surface area contributed by atoms with Crippen LogP contribution in [0.4, 0.5) is 13.2 Å². The molecule has 1 heterocycles. The molecule has 1 aliphatic rings. The molecule has 0 spiro atoms. The van der Waals surface area contributed by atoms with Gasteiger partial charge in [0, 0.05) is 6.04 Å². The summed E-state index contributed by atoms with van der Waals surface area (Å²) in [6.07, 6.45) is 1.43. The van der Waals surface area contributed by atoms with Crippen molar-refractivity contribution in [3.05, 3.63) is 59.3 Å². The van der Waals surface area contributed by atoms with Crippen LogP contribution < -0.4 is 20.5 Å². The highest BCUT2D eigenvalue weighted by Gasteiger charge is 2.30. The largest absolute Gasteiger partial charge is 0.493 e. The molecule has 1 unspecified atom stereocenters. The van der Waals surface area contributed by atoms with Gasteiger partial charge in [-0.05, 0) is 60.7 Å². The fraction of sp³-hybridized carbons (Fsp3) is 0.400. The van der Waals surface area contributed by atoms with Crippen LogP contribution in [0.15, 0.2) is 48.2 Å². The molecule has 0 aliphatic carbocycles. The number of alkyl halides is 3. The van der Waals surface area contributed by atoms with E-state index in [1.54, 1.807) is 20.3 Å². The third-order valence-electron chi connectivity index (χ3n) is 4.59. The van der Waals surface area contributed by atoms with Crippen molar-refractivity contribution in [2.45, 2.75) is 31.5 Å². The normalized spacial score (nSPS) is 18.0. The standard InChI is InChI=1S/C20H25F3N2O2/c1-4-13(6-8-19(24)20(21,22)23)5-7-16-15-12-18(27-3)17(26-2)11-14(15)9-10-25-16/h4,6,8,11-12,16,25H,1,5,7,9-10,24H2,2-3H3/b13-6+,19-8-. The van der Waals surface area contributed by atoms with Gasteiger partial charge in [0.2, 0.25) is 0 Å². The molecule has 0 amide bonds. The van der Waals surface area contributed by atoms with E-state index in [4.69, 9.17) is 15.2 Å². The van der Waals surface area contributed by atoms with Gasteiger partial charge in [-0.2, -0.15) is 13.2 Å². The molecule has 0 bridgehead atoms. The van der Waals surface area contributed by atoms with E-state index in [0.717, 1.165) is 24.6 Å². The third kappa shape index (κ3) is 5.29. The molecule has 1 aromatic rings. The summed E-state index contributed by atoms with van der Waals surface area (Å²) in [6, 6.07) is 4.02. The maximum Gasteiger partial charge on any atom is 0.430 e. The van der Waals surface area contributed by atoms with Gasteiger partial charge in [-0.25, -0.2) is 0 Å². The van der Waals surface area contributed by atoms with E-state index in [1.165, 1.54) is 11.6 Å². The highest BCUT2D eigenvalue weighted by atomic mass is 19.4. The van der Waals surface area contributed by atoms with Crippen LogP contribution in [-0.4, -0.2) is 26.9 Å². The number of rotatable bonds is 7. The molecular formula is C20H25F3N2O2. The van der Waals surface area contributed by atoms with Gasteiger partial charge in [-0.1, -0.05) is 18.7 Å². The number of hydrogen-bond donors (Lipinski definition) is 2. The third-order valence-corrected chi connectivity index (χ3v) is 4.59. The minimum Gasteiger partial charge on any atom is -0.493 e. The number of methoxy groups -OCH3 is 2. The van der Waals surface area contributed by atoms with Crippen molar-refractivity contribution >= 4 is 0 Å². The van der Waals surface area contributed by atoms with Crippen molar-refractivity contribution in [1.82, 2.24) is 5.32 Å². The monoisotopic (exact) mass is 382 g/mol. The van der Waals surface area contributed by atoms with Crippen LogP contribution in [0.5, 0.6) is 11.5 Å². The summed E-state index contributed by atoms with van der Waals surface area (Å²) in [7, 11) is 3.19. The van der Waals surface area contributed by atoms with Crippen LogP contribution in [0.2, 0.25) is 0 Å². The Morgan fingerprint density at radius 2 is 1.93 bits per heavy atom. The van der Waals surface area contributed by atoms with Gasteiger partial charge in [0.25, 0.3) is 0 Å². The minimum absolute atomic E-state index is 0.0702. The second kappa shape index (κ2) is 8.99. The van der Waals surface area contributed by atoms with Gasteiger partial charge in [-0.15, -0.1) is 0 Å². The number of nitrogens with two attached hydrogens (primary N) is 1. The highest BCUT2D eigenvalue weighted by molar-refractivity contribution is 5.49. The smallest absolute Gasteiger partial charge is 0.430 e. The Balaban J connectivity index is 2.16. The lowest BCUT2D eigenvalue weighted by Crippen LogP contribution is -2.30. The average molecular weight is 382 g/mol. The van der Waals surface area contributed by atoms with E-state index in [9.17, 15) is 13.2 Å². The van der Waals surface area contributed by atoms with Crippen molar-refractivity contribution in [3.63, 3.8) is 0 Å². The maximum absolute atomic E-state index is 12.5. The van der Waals surface area contributed by atoms with E-state index < -0.39 is 11.9 Å². The fourth-order valence-corrected chi connectivity index (χ4v) is 3.08. The van der Waals surface area contributed by atoms with Crippen LogP contribution >= 0.6 is 0 Å². The van der Waals surface area contributed by atoms with E-state index >= 15 is 0 Å². The molecule has 0 aromatic heterocycles. The Bertz CT molecular complexity index is 739. The molecule has 3 N–H and O–H groups in total. The molecule has 1 aromatic carbocycles. The first-order valence-corrected chi connectivity index (χ1v) is 8.64. The van der Waals surface area contributed by atoms with E-state index in [-0.39, 0.29) is 6.04 Å². The van der Waals surface area contributed by atoms with Crippen LogP contribution in [0.25, 0.3) is 0 Å². The van der Waals surface area contributed by atoms with Crippen LogP contribution in [0, 0.1) is 0 Å². The molecule has 0 radical (unpaired) electrons. The second-order valence-electron chi connectivity index (χ2n) is 6.27. The Morgan fingerprint density at radius 1 is 1.26 bits per heavy atom. The molecule has 7 heteroatoms. The van der Waals surface area contributed by atoms with E-state index in [2.05, 4.69) is 11.9 Å². The number of benzene rings is 1. The number of hydrogen-bond acceptors (Lipinski definition) is 4. The first-order chi connectivity index (χ1) is 12.8. The lowest BCUT2D eigenvalue weighted by atomic mass is 9.90. The van der Waals surface area contributed by atoms with Crippen molar-refractivity contribution in [1.29, 1.82) is 0 Å². The topological polar surface area (TPSA) is 56.5 Å². The van der Waals surface area contributed by atoms with Crippen molar-refractivity contribution in [2.24, 2.45) is 5.73 Å². The molecule has 0 saturated carbocycles. The zero-order valence-corrected chi connectivity index (χ0v) is 15.5. The van der Waals surface area contributed by atoms with E-state index in [0.29, 0.717) is 29.9 Å². The summed E-state index contributed by atoms with van der Waals surface area (Å²) in [5.74, 6) is 1.35. The fourth-order valence-electron chi connectivity index (χ4n) is 3.08. The second-order valence-corrected chi connectivity index (χ2v) is 6.27. The summed E-state index contributed by atoms with van der Waals surface area (Å²) in [4.78, 5) is 0. The first kappa shape index (κ1) is 20.9. The quantitative estimate of drug-likeness (QED) is 0.695. The first-order valence-electron chi connectivity index (χ1n) is 8.64. The van der Waals surface area contributed by atoms with Crippen LogP contribution in [0.1, 0.15) is 30.0 Å². The van der Waals surface area contributed by atoms with Crippen LogP contribution in [-0.2, 0) is 6.42 Å². The molecule has 27 heavy (non-hydrogen) atoms. The Hall–Kier alpha value is -2.41. The predicted molar refractivity (Wildman–Crippen MR) is 99.8 cm³/mol. The molecular weight excluding hydrogens is 357 g/mol. The maximum atomic E-state index is 12.5. The van der Waals surface area contributed by atoms with Crippen molar-refractivity contribution in [3.8, 4) is 11.5 Å². The highest BCUT2D eigenvalue weighted by Crippen LogP contribution is 2.36. The lowest BCUT2D eigenvalue weighted by molar-refractivity contribution is -0.0926. The zero-order chi connectivity index (χ0) is 20.0. The molecule has 1 atom stereocenters. The summed E-state index contributed by atoms with van der Waals surface area (Å²) >= 11 is 0. The summed E-state index contributed by atoms with van der Waals surface area (Å²) < 4.78 is 48.2. The summed E-state index contributed by atoms with van der Waals surface area (Å²) in [5, 5.41) is 3.45. The number of halogens is 3. The number of fused-ring (bicyclic) bond motifs is 1. The van der Waals surface area contributed by atoms with Gasteiger partial charge in [-0.3, -0.25) is 0 Å². The molecule has 1 aliphatic heterocycles. The molecule has 2 rings (SSSR count). The molecule has 0 saturated heterocycles. The average Bonchev–Trinajstić information content (AvgIpc) is 2.65. The van der Waals surface area contributed by atoms with Crippen molar-refractivity contribution in [2.75, 3.05) is 20.8 Å². The molecule has 148 valence electrons. The lowest BCUT2D eigenvalue weighted by Gasteiger charge is -2.28. The number of ether oxygens (including phenoxy) is 2. The summed E-state index contributed by atoms with van der Waals surface area (Å²) in [6.45, 7) is 4.50. The zero-order valence-electron chi connectivity index (χ0n) is 15.5. The Labute approximate surface area is 157 Å². The Kier molecular flexibility index (Phi) is 6.96. The van der Waals surface area contributed by atoms with Gasteiger partial charge in [0.15, 0.2) is 11.5 Å². The number of allylic oxidation sites excluding steroid dienone is 5. The van der Waals surface area contributed by atoms with Gasteiger partial charge >= 0.3 is 6.18 Å². The Morgan fingerprint density at radius 3 is 2.52 bits per heavy atom. The van der Waals surface area contributed by atoms with Crippen molar-refractivity contribution < 1.29 is 22.6 Å². The SMILES string of the molecule is C=C/C(=C\C=C(/N)C(F)(F)F)CCC1NCCc2cc(OC)c(OC)cc21. The molecule has 4 nitrogen and oxygen atoms in total. The van der Waals surface area contributed by atoms with Gasteiger partial charge in [0.05, 0.1) is 14.2 Å². The predicted octanol–water partition coefficient (Wildman–Crippen LogP) is 4.19. The van der Waals surface area contributed by atoms with E-state index in [1.807, 2.05) is 12.1 Å². The molecule has 0 fully saturated rings. The minimum atomic E-state index is -4.53.